The Morgan fingerprint density at radius 1 is 0.288 bits per heavy atom. The van der Waals surface area contributed by atoms with Gasteiger partial charge in [0, 0.05) is 19.3 Å². The number of aliphatic hydroxyl groups is 1. The molecule has 0 aliphatic heterocycles. The molecule has 5 unspecified atom stereocenters. The molecule has 17 nitrogen and oxygen atoms in total. The first kappa shape index (κ1) is 98.4. The third kappa shape index (κ3) is 74.7. The van der Waals surface area contributed by atoms with E-state index in [1.165, 1.54) is 38.5 Å². The molecule has 0 aromatic rings. The molecule has 0 amide bonds. The van der Waals surface area contributed by atoms with Crippen molar-refractivity contribution in [3.63, 3.8) is 0 Å². The van der Waals surface area contributed by atoms with E-state index in [1.54, 1.807) is 6.08 Å². The summed E-state index contributed by atoms with van der Waals surface area (Å²) in [4.78, 5) is 72.9. The Morgan fingerprint density at radius 2 is 0.538 bits per heavy atom. The van der Waals surface area contributed by atoms with Crippen molar-refractivity contribution in [3.8, 4) is 0 Å². The number of hydrogen-bond acceptors (Lipinski definition) is 15. The number of unbranched alkanes of at least 4 members (excludes halogenated alkanes) is 19. The van der Waals surface area contributed by atoms with Gasteiger partial charge < -0.3 is 33.8 Å². The lowest BCUT2D eigenvalue weighted by molar-refractivity contribution is -0.161. The van der Waals surface area contributed by atoms with Crippen molar-refractivity contribution in [3.05, 3.63) is 170 Å². The monoisotopic (exact) mass is 1490 g/mol. The third-order valence-electron chi connectivity index (χ3n) is 15.7. The Labute approximate surface area is 629 Å². The SMILES string of the molecule is CC/C=C\C/C=C\C/C=C\C/C=C\C/C=C\CCCCCC(=O)OCC(COP(=O)(O)OCC(O)COP(=O)(O)OCC(COC(=O)C/C=C\C/C=C\C/C=C\C/C=C\C/C=C\CC)OC(=O)CCCCCCCCCCCCC)OC(=O)CCCCCCCC/C=C\C/C=C\C/C=C\C/C=C\CC. The fourth-order valence-corrected chi connectivity index (χ4v) is 11.4. The average molecular weight is 1490 g/mol. The van der Waals surface area contributed by atoms with Crippen LogP contribution < -0.4 is 0 Å². The molecule has 0 aromatic heterocycles. The molecule has 0 saturated heterocycles. The van der Waals surface area contributed by atoms with Gasteiger partial charge in [-0.05, 0) is 135 Å². The molecular weight excluding hydrogens is 1350 g/mol. The van der Waals surface area contributed by atoms with E-state index in [4.69, 9.17) is 37.0 Å². The summed E-state index contributed by atoms with van der Waals surface area (Å²) in [5.41, 5.74) is 0. The van der Waals surface area contributed by atoms with Gasteiger partial charge in [0.15, 0.2) is 12.2 Å². The molecule has 104 heavy (non-hydrogen) atoms. The molecule has 0 fully saturated rings. The van der Waals surface area contributed by atoms with Crippen molar-refractivity contribution in [2.24, 2.45) is 0 Å². The standard InChI is InChI=1S/C85H138O17P2/c1-5-9-13-17-21-25-29-32-35-37-39-41-44-47-51-54-58-62-66-70-83(88)96-76-81(102-85(90)72-68-64-60-56-52-48-45-42-40-38-36-33-30-26-22-18-14-10-6-2)78-100-104(93,94)98-74-79(86)73-97-103(91,92)99-77-80(101-84(89)71-67-63-59-55-49-28-24-20-16-12-8-4)75-95-82(87)69-65-61-57-53-50-46-43-34-31-27-23-19-15-11-7-3/h9-11,13-15,21-23,25-27,32-36,39-43,47,50-51,53,61,65,79-81,86H,5-8,12,16-20,24,28-31,37-38,44-46,48-49,52,54-60,62-64,66-78H2,1-4H3,(H,91,92)(H,93,94)/b13-9-,14-10-,15-11-,25-21-,26-22-,27-23-,35-32-,36-33-,41-39-,42-40-,43-34-,51-47-,53-50-,65-61-. The molecule has 0 rings (SSSR count). The van der Waals surface area contributed by atoms with Gasteiger partial charge in [0.25, 0.3) is 0 Å². The zero-order chi connectivity index (χ0) is 76.0. The van der Waals surface area contributed by atoms with Crippen LogP contribution in [-0.2, 0) is 65.4 Å². The molecule has 0 bridgehead atoms. The average Bonchev–Trinajstić information content (AvgIpc) is 0.928. The fourth-order valence-electron chi connectivity index (χ4n) is 9.84. The van der Waals surface area contributed by atoms with Gasteiger partial charge in [0.2, 0.25) is 0 Å². The highest BCUT2D eigenvalue weighted by Crippen LogP contribution is 2.45. The van der Waals surface area contributed by atoms with Crippen LogP contribution >= 0.6 is 15.6 Å². The van der Waals surface area contributed by atoms with E-state index in [0.29, 0.717) is 25.7 Å². The maximum Gasteiger partial charge on any atom is 0.472 e. The van der Waals surface area contributed by atoms with Crippen LogP contribution in [0.15, 0.2) is 170 Å². The van der Waals surface area contributed by atoms with E-state index in [0.717, 1.165) is 167 Å². The lowest BCUT2D eigenvalue weighted by atomic mass is 10.1. The quantitative estimate of drug-likeness (QED) is 0.0169. The van der Waals surface area contributed by atoms with Gasteiger partial charge in [0.1, 0.15) is 19.3 Å². The second-order valence-corrected chi connectivity index (χ2v) is 28.4. The Kier molecular flexibility index (Phi) is 71.6. The van der Waals surface area contributed by atoms with Crippen LogP contribution in [0.1, 0.15) is 285 Å². The summed E-state index contributed by atoms with van der Waals surface area (Å²) >= 11 is 0. The summed E-state index contributed by atoms with van der Waals surface area (Å²) in [5.74, 6) is -2.38. The van der Waals surface area contributed by atoms with E-state index in [1.807, 2.05) is 18.2 Å². The Hall–Kier alpha value is -5.58. The molecule has 0 saturated carbocycles. The minimum absolute atomic E-state index is 0.0629. The number of aliphatic hydroxyl groups excluding tert-OH is 1. The van der Waals surface area contributed by atoms with Crippen LogP contribution in [0, 0.1) is 0 Å². The van der Waals surface area contributed by atoms with E-state index in [-0.39, 0.29) is 25.7 Å². The van der Waals surface area contributed by atoms with Crippen molar-refractivity contribution >= 4 is 39.5 Å². The first-order valence-corrected chi connectivity index (χ1v) is 42.4. The minimum atomic E-state index is -5.00. The van der Waals surface area contributed by atoms with Crippen LogP contribution in [0.3, 0.4) is 0 Å². The van der Waals surface area contributed by atoms with E-state index < -0.39 is 97.5 Å². The highest BCUT2D eigenvalue weighted by Gasteiger charge is 2.30. The smallest absolute Gasteiger partial charge is 0.462 e. The summed E-state index contributed by atoms with van der Waals surface area (Å²) < 4.78 is 68.4. The normalized spacial score (nSPS) is 14.8. The van der Waals surface area contributed by atoms with Crippen molar-refractivity contribution in [1.82, 2.24) is 0 Å². The molecule has 590 valence electrons. The highest BCUT2D eigenvalue weighted by atomic mass is 31.2. The number of esters is 4. The van der Waals surface area contributed by atoms with E-state index >= 15 is 0 Å². The number of hydrogen-bond donors (Lipinski definition) is 3. The molecule has 5 atom stereocenters. The molecule has 0 aromatic carbocycles. The number of rotatable bonds is 72. The van der Waals surface area contributed by atoms with Crippen LogP contribution in [-0.4, -0.2) is 96.7 Å². The van der Waals surface area contributed by atoms with Crippen LogP contribution in [0.4, 0.5) is 0 Å². The van der Waals surface area contributed by atoms with Crippen molar-refractivity contribution in [2.75, 3.05) is 39.6 Å². The Bertz CT molecular complexity index is 2640. The molecule has 0 spiro atoms. The van der Waals surface area contributed by atoms with Crippen molar-refractivity contribution in [2.45, 2.75) is 303 Å². The molecule has 0 aliphatic carbocycles. The lowest BCUT2D eigenvalue weighted by Gasteiger charge is -2.21. The van der Waals surface area contributed by atoms with E-state index in [9.17, 15) is 43.2 Å². The number of ether oxygens (including phenoxy) is 4. The first-order valence-electron chi connectivity index (χ1n) is 39.4. The molecule has 3 N–H and O–H groups in total. The summed E-state index contributed by atoms with van der Waals surface area (Å²) in [7, 11) is -10.0. The van der Waals surface area contributed by atoms with Gasteiger partial charge >= 0.3 is 39.5 Å². The third-order valence-corrected chi connectivity index (χ3v) is 17.6. The zero-order valence-electron chi connectivity index (χ0n) is 64.4. The van der Waals surface area contributed by atoms with Crippen LogP contribution in [0.5, 0.6) is 0 Å². The summed E-state index contributed by atoms with van der Waals surface area (Å²) in [6.45, 7) is 4.34. The van der Waals surface area contributed by atoms with Gasteiger partial charge in [-0.3, -0.25) is 37.3 Å². The molecule has 0 aliphatic rings. The van der Waals surface area contributed by atoms with Gasteiger partial charge in [-0.15, -0.1) is 0 Å². The predicted octanol–water partition coefficient (Wildman–Crippen LogP) is 23.0. The maximum atomic E-state index is 13.1. The number of carbonyl (C=O) groups excluding carboxylic acids is 4. The van der Waals surface area contributed by atoms with Crippen LogP contribution in [0.25, 0.3) is 0 Å². The number of phosphoric ester groups is 2. The molecule has 19 heteroatoms. The number of phosphoric acid groups is 2. The highest BCUT2D eigenvalue weighted by molar-refractivity contribution is 7.47. The molecule has 0 heterocycles. The van der Waals surface area contributed by atoms with Gasteiger partial charge in [-0.1, -0.05) is 294 Å². The lowest BCUT2D eigenvalue weighted by Crippen LogP contribution is -2.30. The van der Waals surface area contributed by atoms with Gasteiger partial charge in [0.05, 0.1) is 32.8 Å². The number of allylic oxidation sites excluding steroid dienone is 27. The van der Waals surface area contributed by atoms with Gasteiger partial charge in [-0.25, -0.2) is 9.13 Å². The largest absolute Gasteiger partial charge is 0.472 e. The minimum Gasteiger partial charge on any atom is -0.462 e. The summed E-state index contributed by atoms with van der Waals surface area (Å²) in [5, 5.41) is 10.6. The maximum absolute atomic E-state index is 13.1. The van der Waals surface area contributed by atoms with Crippen molar-refractivity contribution in [1.29, 1.82) is 0 Å². The second-order valence-electron chi connectivity index (χ2n) is 25.5. The molecule has 0 radical (unpaired) electrons. The predicted molar refractivity (Wildman–Crippen MR) is 426 cm³/mol. The van der Waals surface area contributed by atoms with Gasteiger partial charge in [-0.2, -0.15) is 0 Å². The topological polar surface area (TPSA) is 237 Å². The zero-order valence-corrected chi connectivity index (χ0v) is 66.2. The number of carbonyl (C=O) groups is 4. The molecular formula is C85H138O17P2. The Balaban J connectivity index is 5.46. The summed E-state index contributed by atoms with van der Waals surface area (Å²) in [6, 6.07) is 0. The fraction of sp³-hybridized carbons (Fsp3) is 0.624. The first-order chi connectivity index (χ1) is 50.7. The van der Waals surface area contributed by atoms with E-state index in [2.05, 4.69) is 174 Å². The second kappa shape index (κ2) is 75.6. The van der Waals surface area contributed by atoms with Crippen LogP contribution in [0.2, 0.25) is 0 Å². The Morgan fingerprint density at radius 3 is 0.865 bits per heavy atom. The van der Waals surface area contributed by atoms with Crippen molar-refractivity contribution < 1.29 is 80.2 Å². The summed E-state index contributed by atoms with van der Waals surface area (Å²) in [6.07, 6.45) is 89.4.